The van der Waals surface area contributed by atoms with Crippen LogP contribution in [0, 0.1) is 0 Å². The third-order valence-electron chi connectivity index (χ3n) is 5.46. The standard InChI is InChI=1S/C22H35N5O2/c1-22(2,3)23-20(28)17-24-11-15-27(16-12-24)21(29)18-25-9-13-26(14-10-25)19-7-5-4-6-8-19/h4-8H,9-18H2,1-3H3,(H,23,28). The molecule has 2 amide bonds. The zero-order valence-electron chi connectivity index (χ0n) is 18.1. The van der Waals surface area contributed by atoms with Crippen LogP contribution < -0.4 is 10.2 Å². The number of benzene rings is 1. The van der Waals surface area contributed by atoms with E-state index in [1.807, 2.05) is 31.7 Å². The molecule has 3 rings (SSSR count). The van der Waals surface area contributed by atoms with Crippen molar-refractivity contribution in [2.24, 2.45) is 0 Å². The molecule has 0 unspecified atom stereocenters. The molecule has 2 aliphatic heterocycles. The Morgan fingerprint density at radius 2 is 1.38 bits per heavy atom. The Hall–Kier alpha value is -2.12. The molecular weight excluding hydrogens is 366 g/mol. The topological polar surface area (TPSA) is 59.1 Å². The predicted octanol–water partition coefficient (Wildman–Crippen LogP) is 0.868. The molecule has 2 fully saturated rings. The van der Waals surface area contributed by atoms with Crippen molar-refractivity contribution in [2.75, 3.05) is 70.3 Å². The number of amides is 2. The van der Waals surface area contributed by atoms with E-state index in [1.165, 1.54) is 5.69 Å². The van der Waals surface area contributed by atoms with E-state index in [-0.39, 0.29) is 17.4 Å². The summed E-state index contributed by atoms with van der Waals surface area (Å²) in [6.07, 6.45) is 0. The maximum absolute atomic E-state index is 12.7. The Labute approximate surface area is 174 Å². The van der Waals surface area contributed by atoms with Gasteiger partial charge < -0.3 is 15.1 Å². The van der Waals surface area contributed by atoms with E-state index in [0.717, 1.165) is 39.3 Å². The maximum atomic E-state index is 12.7. The summed E-state index contributed by atoms with van der Waals surface area (Å²) in [5.41, 5.74) is 1.05. The molecule has 0 aliphatic carbocycles. The SMILES string of the molecule is CC(C)(C)NC(=O)CN1CCN(C(=O)CN2CCN(c3ccccc3)CC2)CC1. The fourth-order valence-corrected chi connectivity index (χ4v) is 3.91. The Morgan fingerprint density at radius 1 is 0.828 bits per heavy atom. The third kappa shape index (κ3) is 6.72. The number of para-hydroxylation sites is 1. The highest BCUT2D eigenvalue weighted by molar-refractivity contribution is 5.79. The second-order valence-electron chi connectivity index (χ2n) is 9.05. The third-order valence-corrected chi connectivity index (χ3v) is 5.46. The van der Waals surface area contributed by atoms with Gasteiger partial charge in [-0.25, -0.2) is 0 Å². The van der Waals surface area contributed by atoms with E-state index in [9.17, 15) is 9.59 Å². The van der Waals surface area contributed by atoms with Crippen molar-refractivity contribution in [1.82, 2.24) is 20.0 Å². The first-order valence-corrected chi connectivity index (χ1v) is 10.6. The maximum Gasteiger partial charge on any atom is 0.236 e. The average Bonchev–Trinajstić information content (AvgIpc) is 2.68. The molecule has 0 radical (unpaired) electrons. The summed E-state index contributed by atoms with van der Waals surface area (Å²) >= 11 is 0. The highest BCUT2D eigenvalue weighted by atomic mass is 16.2. The molecule has 0 atom stereocenters. The second kappa shape index (κ2) is 9.59. The summed E-state index contributed by atoms with van der Waals surface area (Å²) in [4.78, 5) is 33.5. The van der Waals surface area contributed by atoms with Crippen molar-refractivity contribution in [1.29, 1.82) is 0 Å². The Morgan fingerprint density at radius 3 is 1.97 bits per heavy atom. The zero-order chi connectivity index (χ0) is 20.9. The largest absolute Gasteiger partial charge is 0.369 e. The second-order valence-corrected chi connectivity index (χ2v) is 9.05. The highest BCUT2D eigenvalue weighted by Crippen LogP contribution is 2.15. The summed E-state index contributed by atoms with van der Waals surface area (Å²) in [5.74, 6) is 0.255. The predicted molar refractivity (Wildman–Crippen MR) is 116 cm³/mol. The van der Waals surface area contributed by atoms with Gasteiger partial charge in [0.2, 0.25) is 11.8 Å². The number of carbonyl (C=O) groups is 2. The van der Waals surface area contributed by atoms with Crippen LogP contribution in [-0.2, 0) is 9.59 Å². The van der Waals surface area contributed by atoms with Gasteiger partial charge in [0.25, 0.3) is 0 Å². The molecule has 2 aliphatic rings. The van der Waals surface area contributed by atoms with E-state index >= 15 is 0 Å². The zero-order valence-corrected chi connectivity index (χ0v) is 18.1. The molecule has 7 nitrogen and oxygen atoms in total. The van der Waals surface area contributed by atoms with Gasteiger partial charge in [-0.2, -0.15) is 0 Å². The van der Waals surface area contributed by atoms with E-state index in [4.69, 9.17) is 0 Å². The minimum atomic E-state index is -0.209. The smallest absolute Gasteiger partial charge is 0.236 e. The van der Waals surface area contributed by atoms with Crippen LogP contribution in [0.5, 0.6) is 0 Å². The Bertz CT molecular complexity index is 672. The molecule has 7 heteroatoms. The number of anilines is 1. The molecule has 2 heterocycles. The molecule has 1 aromatic carbocycles. The monoisotopic (exact) mass is 401 g/mol. The van der Waals surface area contributed by atoms with Gasteiger partial charge in [-0.1, -0.05) is 18.2 Å². The Balaban J connectivity index is 1.37. The van der Waals surface area contributed by atoms with Gasteiger partial charge in [-0.05, 0) is 32.9 Å². The summed E-state index contributed by atoms with van der Waals surface area (Å²) in [7, 11) is 0. The summed E-state index contributed by atoms with van der Waals surface area (Å²) in [6.45, 7) is 13.5. The number of piperazine rings is 2. The van der Waals surface area contributed by atoms with Gasteiger partial charge in [0, 0.05) is 63.6 Å². The van der Waals surface area contributed by atoms with Crippen molar-refractivity contribution >= 4 is 17.5 Å². The summed E-state index contributed by atoms with van der Waals surface area (Å²) < 4.78 is 0. The van der Waals surface area contributed by atoms with Crippen LogP contribution in [-0.4, -0.2) is 97.5 Å². The van der Waals surface area contributed by atoms with Gasteiger partial charge in [0.15, 0.2) is 0 Å². The van der Waals surface area contributed by atoms with Crippen LogP contribution in [0.15, 0.2) is 30.3 Å². The lowest BCUT2D eigenvalue weighted by atomic mass is 10.1. The van der Waals surface area contributed by atoms with Gasteiger partial charge in [0.05, 0.1) is 13.1 Å². The van der Waals surface area contributed by atoms with Crippen molar-refractivity contribution in [3.05, 3.63) is 30.3 Å². The summed E-state index contributed by atoms with van der Waals surface area (Å²) in [6, 6.07) is 10.5. The van der Waals surface area contributed by atoms with E-state index in [1.54, 1.807) is 0 Å². The first-order chi connectivity index (χ1) is 13.8. The summed E-state index contributed by atoms with van der Waals surface area (Å²) in [5, 5.41) is 3.00. The van der Waals surface area contributed by atoms with E-state index in [0.29, 0.717) is 26.2 Å². The van der Waals surface area contributed by atoms with Crippen LogP contribution in [0.1, 0.15) is 20.8 Å². The van der Waals surface area contributed by atoms with Gasteiger partial charge >= 0.3 is 0 Å². The fourth-order valence-electron chi connectivity index (χ4n) is 3.91. The molecule has 0 bridgehead atoms. The number of rotatable bonds is 5. The van der Waals surface area contributed by atoms with E-state index in [2.05, 4.69) is 44.3 Å². The number of nitrogens with one attached hydrogen (secondary N) is 1. The first-order valence-electron chi connectivity index (χ1n) is 10.6. The molecule has 1 N–H and O–H groups in total. The van der Waals surface area contributed by atoms with Gasteiger partial charge in [0.1, 0.15) is 0 Å². The Kier molecular flexibility index (Phi) is 7.14. The van der Waals surface area contributed by atoms with Crippen molar-refractivity contribution < 1.29 is 9.59 Å². The lowest BCUT2D eigenvalue weighted by Crippen LogP contribution is -2.55. The lowest BCUT2D eigenvalue weighted by Gasteiger charge is -2.38. The quantitative estimate of drug-likeness (QED) is 0.793. The lowest BCUT2D eigenvalue weighted by molar-refractivity contribution is -0.134. The molecule has 2 saturated heterocycles. The van der Waals surface area contributed by atoms with Crippen LogP contribution in [0.25, 0.3) is 0 Å². The number of carbonyl (C=O) groups excluding carboxylic acids is 2. The van der Waals surface area contributed by atoms with Crippen molar-refractivity contribution in [3.63, 3.8) is 0 Å². The number of nitrogens with zero attached hydrogens (tertiary/aromatic N) is 4. The van der Waals surface area contributed by atoms with Crippen LogP contribution in [0.4, 0.5) is 5.69 Å². The molecule has 0 aromatic heterocycles. The number of hydrogen-bond acceptors (Lipinski definition) is 5. The highest BCUT2D eigenvalue weighted by Gasteiger charge is 2.26. The first kappa shape index (κ1) is 21.6. The molecule has 0 saturated carbocycles. The average molecular weight is 402 g/mol. The molecular formula is C22H35N5O2. The van der Waals surface area contributed by atoms with Crippen LogP contribution in [0.3, 0.4) is 0 Å². The minimum Gasteiger partial charge on any atom is -0.369 e. The van der Waals surface area contributed by atoms with Gasteiger partial charge in [-0.15, -0.1) is 0 Å². The van der Waals surface area contributed by atoms with E-state index < -0.39 is 0 Å². The van der Waals surface area contributed by atoms with Crippen LogP contribution in [0.2, 0.25) is 0 Å². The number of hydrogen-bond donors (Lipinski definition) is 1. The van der Waals surface area contributed by atoms with Crippen molar-refractivity contribution in [3.8, 4) is 0 Å². The van der Waals surface area contributed by atoms with Crippen molar-refractivity contribution in [2.45, 2.75) is 26.3 Å². The normalized spacial score (nSPS) is 19.3. The van der Waals surface area contributed by atoms with Gasteiger partial charge in [-0.3, -0.25) is 19.4 Å². The molecule has 160 valence electrons. The van der Waals surface area contributed by atoms with Crippen LogP contribution >= 0.6 is 0 Å². The fraction of sp³-hybridized carbons (Fsp3) is 0.636. The molecule has 29 heavy (non-hydrogen) atoms. The minimum absolute atomic E-state index is 0.0496. The molecule has 1 aromatic rings. The molecule has 0 spiro atoms.